The number of carbonyl (C=O) groups is 2. The Morgan fingerprint density at radius 3 is 1.22 bits per heavy atom. The highest BCUT2D eigenvalue weighted by atomic mass is 16.2. The van der Waals surface area contributed by atoms with E-state index in [-0.39, 0.29) is 11.8 Å². The molecule has 0 radical (unpaired) electrons. The molecule has 0 spiro atoms. The van der Waals surface area contributed by atoms with Crippen molar-refractivity contribution in [1.82, 2.24) is 10.6 Å². The number of hydrogen-bond donors (Lipinski definition) is 2. The maximum absolute atomic E-state index is 11.9. The van der Waals surface area contributed by atoms with E-state index in [2.05, 4.69) is 10.6 Å². The quantitative estimate of drug-likeness (QED) is 0.540. The van der Waals surface area contributed by atoms with Gasteiger partial charge < -0.3 is 10.6 Å². The van der Waals surface area contributed by atoms with Crippen LogP contribution in [0.3, 0.4) is 0 Å². The van der Waals surface area contributed by atoms with Crippen LogP contribution in [0.5, 0.6) is 0 Å². The molecule has 144 valence electrons. The van der Waals surface area contributed by atoms with Gasteiger partial charge in [-0.05, 0) is 37.1 Å². The highest BCUT2D eigenvalue weighted by molar-refractivity contribution is 5.94. The van der Waals surface area contributed by atoms with Crippen molar-refractivity contribution < 1.29 is 9.59 Å². The van der Waals surface area contributed by atoms with Gasteiger partial charge in [-0.1, -0.05) is 68.5 Å². The molecule has 0 saturated carbocycles. The lowest BCUT2D eigenvalue weighted by molar-refractivity contribution is 0.0945. The zero-order chi connectivity index (χ0) is 19.2. The van der Waals surface area contributed by atoms with Crippen LogP contribution in [0.2, 0.25) is 0 Å². The number of unbranched alkanes of at least 4 members (excludes halogenated alkanes) is 6. The fourth-order valence-electron chi connectivity index (χ4n) is 2.92. The van der Waals surface area contributed by atoms with Crippen molar-refractivity contribution in [3.8, 4) is 0 Å². The van der Waals surface area contributed by atoms with E-state index < -0.39 is 0 Å². The molecule has 2 aromatic rings. The molecule has 4 heteroatoms. The summed E-state index contributed by atoms with van der Waals surface area (Å²) in [5.74, 6) is 0.0151. The van der Waals surface area contributed by atoms with Crippen LogP contribution in [0.1, 0.15) is 65.7 Å². The van der Waals surface area contributed by atoms with Crippen LogP contribution in [0.15, 0.2) is 60.7 Å². The van der Waals surface area contributed by atoms with Crippen molar-refractivity contribution in [2.45, 2.75) is 44.9 Å². The summed E-state index contributed by atoms with van der Waals surface area (Å²) in [4.78, 5) is 23.8. The molecule has 0 saturated heterocycles. The standard InChI is InChI=1S/C23H30N2O2/c26-22(20-14-8-6-9-15-20)24-18-12-4-2-1-3-5-13-19-25-23(27)21-16-10-7-11-17-21/h6-11,14-17H,1-5,12-13,18-19H2,(H,24,26)(H,25,27). The maximum atomic E-state index is 11.9. The van der Waals surface area contributed by atoms with Gasteiger partial charge in [0.15, 0.2) is 0 Å². The van der Waals surface area contributed by atoms with Crippen molar-refractivity contribution in [2.75, 3.05) is 13.1 Å². The first kappa shape index (κ1) is 20.7. The topological polar surface area (TPSA) is 58.2 Å². The van der Waals surface area contributed by atoms with Crippen molar-refractivity contribution in [3.63, 3.8) is 0 Å². The van der Waals surface area contributed by atoms with Crippen LogP contribution in [0, 0.1) is 0 Å². The van der Waals surface area contributed by atoms with Crippen molar-refractivity contribution in [2.24, 2.45) is 0 Å². The number of rotatable bonds is 12. The lowest BCUT2D eigenvalue weighted by Crippen LogP contribution is -2.24. The minimum Gasteiger partial charge on any atom is -0.352 e. The highest BCUT2D eigenvalue weighted by Crippen LogP contribution is 2.07. The van der Waals surface area contributed by atoms with Gasteiger partial charge >= 0.3 is 0 Å². The van der Waals surface area contributed by atoms with Gasteiger partial charge in [0.2, 0.25) is 0 Å². The first-order chi connectivity index (χ1) is 13.3. The van der Waals surface area contributed by atoms with Crippen LogP contribution in [-0.4, -0.2) is 24.9 Å². The Labute approximate surface area is 162 Å². The molecule has 2 rings (SSSR count). The Morgan fingerprint density at radius 2 is 0.852 bits per heavy atom. The fourth-order valence-corrected chi connectivity index (χ4v) is 2.92. The molecule has 0 fully saturated rings. The van der Waals surface area contributed by atoms with Gasteiger partial charge in [0.05, 0.1) is 0 Å². The maximum Gasteiger partial charge on any atom is 0.251 e. The molecule has 0 aliphatic carbocycles. The smallest absolute Gasteiger partial charge is 0.251 e. The number of benzene rings is 2. The van der Waals surface area contributed by atoms with E-state index >= 15 is 0 Å². The van der Waals surface area contributed by atoms with Crippen molar-refractivity contribution in [3.05, 3.63) is 71.8 Å². The van der Waals surface area contributed by atoms with Crippen LogP contribution in [-0.2, 0) is 0 Å². The van der Waals surface area contributed by atoms with Gasteiger partial charge in [0, 0.05) is 24.2 Å². The lowest BCUT2D eigenvalue weighted by Gasteiger charge is -2.06. The van der Waals surface area contributed by atoms with Gasteiger partial charge in [-0.15, -0.1) is 0 Å². The Hall–Kier alpha value is -2.62. The number of carbonyl (C=O) groups excluding carboxylic acids is 2. The zero-order valence-electron chi connectivity index (χ0n) is 16.0. The largest absolute Gasteiger partial charge is 0.352 e. The van der Waals surface area contributed by atoms with Gasteiger partial charge in [0.1, 0.15) is 0 Å². The molecule has 0 unspecified atom stereocenters. The SMILES string of the molecule is O=C(NCCCCCCCCCNC(=O)c1ccccc1)c1ccccc1. The lowest BCUT2D eigenvalue weighted by atomic mass is 10.1. The van der Waals surface area contributed by atoms with Crippen LogP contribution < -0.4 is 10.6 Å². The van der Waals surface area contributed by atoms with Gasteiger partial charge in [0.25, 0.3) is 11.8 Å². The van der Waals surface area contributed by atoms with Crippen LogP contribution in [0.4, 0.5) is 0 Å². The second kappa shape index (κ2) is 12.7. The van der Waals surface area contributed by atoms with E-state index in [0.717, 1.165) is 49.9 Å². The summed E-state index contributed by atoms with van der Waals surface area (Å²) in [7, 11) is 0. The second-order valence-electron chi connectivity index (χ2n) is 6.72. The second-order valence-corrected chi connectivity index (χ2v) is 6.72. The molecule has 4 nitrogen and oxygen atoms in total. The molecule has 0 aliphatic rings. The number of nitrogens with one attached hydrogen (secondary N) is 2. The van der Waals surface area contributed by atoms with E-state index in [4.69, 9.17) is 0 Å². The average Bonchev–Trinajstić information content (AvgIpc) is 2.73. The first-order valence-electron chi connectivity index (χ1n) is 9.94. The van der Waals surface area contributed by atoms with Gasteiger partial charge in [-0.2, -0.15) is 0 Å². The molecule has 27 heavy (non-hydrogen) atoms. The number of amides is 2. The molecule has 2 aromatic carbocycles. The summed E-state index contributed by atoms with van der Waals surface area (Å²) < 4.78 is 0. The van der Waals surface area contributed by atoms with E-state index in [9.17, 15) is 9.59 Å². The summed E-state index contributed by atoms with van der Waals surface area (Å²) in [5, 5.41) is 5.93. The predicted octanol–water partition coefficient (Wildman–Crippen LogP) is 4.58. The van der Waals surface area contributed by atoms with Crippen molar-refractivity contribution in [1.29, 1.82) is 0 Å². The highest BCUT2D eigenvalue weighted by Gasteiger charge is 2.03. The first-order valence-corrected chi connectivity index (χ1v) is 9.94. The van der Waals surface area contributed by atoms with E-state index in [1.54, 1.807) is 0 Å². The van der Waals surface area contributed by atoms with Gasteiger partial charge in [-0.3, -0.25) is 9.59 Å². The molecule has 0 bridgehead atoms. The third-order valence-corrected chi connectivity index (χ3v) is 4.50. The van der Waals surface area contributed by atoms with Gasteiger partial charge in [-0.25, -0.2) is 0 Å². The van der Waals surface area contributed by atoms with E-state index in [1.807, 2.05) is 60.7 Å². The number of hydrogen-bond acceptors (Lipinski definition) is 2. The Bertz CT molecular complexity index is 612. The molecular formula is C23H30N2O2. The minimum atomic E-state index is 0.00755. The molecule has 2 N–H and O–H groups in total. The monoisotopic (exact) mass is 366 g/mol. The normalized spacial score (nSPS) is 10.4. The molecule has 2 amide bonds. The summed E-state index contributed by atoms with van der Waals surface area (Å²) in [6, 6.07) is 18.7. The third-order valence-electron chi connectivity index (χ3n) is 4.50. The zero-order valence-corrected chi connectivity index (χ0v) is 16.0. The third kappa shape index (κ3) is 8.54. The summed E-state index contributed by atoms with van der Waals surface area (Å²) >= 11 is 0. The predicted molar refractivity (Wildman–Crippen MR) is 110 cm³/mol. The Kier molecular flexibility index (Phi) is 9.72. The summed E-state index contributed by atoms with van der Waals surface area (Å²) in [6.45, 7) is 1.47. The molecule has 0 aliphatic heterocycles. The Morgan fingerprint density at radius 1 is 0.519 bits per heavy atom. The van der Waals surface area contributed by atoms with Crippen molar-refractivity contribution >= 4 is 11.8 Å². The molecule has 0 aromatic heterocycles. The Balaban J connectivity index is 1.39. The fraction of sp³-hybridized carbons (Fsp3) is 0.391. The average molecular weight is 367 g/mol. The molecule has 0 atom stereocenters. The van der Waals surface area contributed by atoms with Crippen LogP contribution in [0.25, 0.3) is 0 Å². The minimum absolute atomic E-state index is 0.00755. The van der Waals surface area contributed by atoms with E-state index in [0.29, 0.717) is 0 Å². The summed E-state index contributed by atoms with van der Waals surface area (Å²) in [5.41, 5.74) is 1.44. The molecular weight excluding hydrogens is 336 g/mol. The summed E-state index contributed by atoms with van der Waals surface area (Å²) in [6.07, 6.45) is 7.91. The molecule has 0 heterocycles. The van der Waals surface area contributed by atoms with Crippen LogP contribution >= 0.6 is 0 Å². The van der Waals surface area contributed by atoms with E-state index in [1.165, 1.54) is 19.3 Å².